The molecule has 0 N–H and O–H groups in total. The molecule has 88 valence electrons. The highest BCUT2D eigenvalue weighted by atomic mass is 79.9. The van der Waals surface area contributed by atoms with E-state index in [1.165, 1.54) is 57.8 Å². The highest BCUT2D eigenvalue weighted by molar-refractivity contribution is 9.09. The Morgan fingerprint density at radius 3 is 2.07 bits per heavy atom. The van der Waals surface area contributed by atoms with Crippen molar-refractivity contribution in [2.45, 2.75) is 64.2 Å². The van der Waals surface area contributed by atoms with Gasteiger partial charge in [-0.2, -0.15) is 0 Å². The Bertz CT molecular complexity index is 179. The van der Waals surface area contributed by atoms with E-state index < -0.39 is 0 Å². The quantitative estimate of drug-likeness (QED) is 0.448. The SMILES string of the molecule is O=C1CCC1CCCCCCCCCBr. The lowest BCUT2D eigenvalue weighted by Crippen LogP contribution is -2.25. The molecule has 0 aliphatic heterocycles. The second-order valence-electron chi connectivity index (χ2n) is 4.65. The largest absolute Gasteiger partial charge is 0.299 e. The van der Waals surface area contributed by atoms with Crippen LogP contribution in [0.5, 0.6) is 0 Å². The molecule has 1 nitrogen and oxygen atoms in total. The first-order valence-corrected chi connectivity index (χ1v) is 7.55. The van der Waals surface area contributed by atoms with Crippen LogP contribution >= 0.6 is 15.9 Å². The summed E-state index contributed by atoms with van der Waals surface area (Å²) in [5, 5.41) is 1.15. The minimum absolute atomic E-state index is 0.457. The molecule has 0 aromatic heterocycles. The van der Waals surface area contributed by atoms with Gasteiger partial charge in [-0.3, -0.25) is 4.79 Å². The fourth-order valence-electron chi connectivity index (χ4n) is 2.14. The Kier molecular flexibility index (Phi) is 7.33. The number of unbranched alkanes of at least 4 members (excludes halogenated alkanes) is 6. The van der Waals surface area contributed by atoms with Gasteiger partial charge in [-0.15, -0.1) is 0 Å². The summed E-state index contributed by atoms with van der Waals surface area (Å²) < 4.78 is 0. The highest BCUT2D eigenvalue weighted by Crippen LogP contribution is 2.27. The van der Waals surface area contributed by atoms with Crippen molar-refractivity contribution in [1.82, 2.24) is 0 Å². The first-order chi connectivity index (χ1) is 7.34. The van der Waals surface area contributed by atoms with E-state index in [4.69, 9.17) is 0 Å². The predicted octanol–water partition coefficient (Wildman–Crippen LogP) is 4.48. The van der Waals surface area contributed by atoms with Crippen LogP contribution in [0.15, 0.2) is 0 Å². The minimum Gasteiger partial charge on any atom is -0.299 e. The summed E-state index contributed by atoms with van der Waals surface area (Å²) in [5.41, 5.74) is 0. The summed E-state index contributed by atoms with van der Waals surface area (Å²) in [7, 11) is 0. The lowest BCUT2D eigenvalue weighted by atomic mass is 9.80. The topological polar surface area (TPSA) is 17.1 Å². The maximum absolute atomic E-state index is 11.1. The molecular formula is C13H23BrO. The number of rotatable bonds is 9. The summed E-state index contributed by atoms with van der Waals surface area (Å²) in [6.07, 6.45) is 12.6. The molecule has 15 heavy (non-hydrogen) atoms. The second-order valence-corrected chi connectivity index (χ2v) is 5.45. The third kappa shape index (κ3) is 5.70. The van der Waals surface area contributed by atoms with E-state index in [0.717, 1.165) is 11.8 Å². The number of hydrogen-bond acceptors (Lipinski definition) is 1. The van der Waals surface area contributed by atoms with Gasteiger partial charge < -0.3 is 0 Å². The van der Waals surface area contributed by atoms with E-state index in [1.807, 2.05) is 0 Å². The lowest BCUT2D eigenvalue weighted by molar-refractivity contribution is -0.129. The molecule has 0 radical (unpaired) electrons. The van der Waals surface area contributed by atoms with Crippen molar-refractivity contribution in [3.63, 3.8) is 0 Å². The summed E-state index contributed by atoms with van der Waals surface area (Å²) in [4.78, 5) is 11.1. The molecule has 1 saturated carbocycles. The van der Waals surface area contributed by atoms with E-state index in [-0.39, 0.29) is 0 Å². The molecule has 1 aliphatic carbocycles. The number of Topliss-reactive ketones (excluding diaryl/α,β-unsaturated/α-hetero) is 1. The van der Waals surface area contributed by atoms with Crippen LogP contribution in [0.25, 0.3) is 0 Å². The Labute approximate surface area is 102 Å². The van der Waals surface area contributed by atoms with Gasteiger partial charge in [0.2, 0.25) is 0 Å². The average molecular weight is 275 g/mol. The third-order valence-corrected chi connectivity index (χ3v) is 3.94. The number of hydrogen-bond donors (Lipinski definition) is 0. The van der Waals surface area contributed by atoms with Crippen molar-refractivity contribution in [1.29, 1.82) is 0 Å². The van der Waals surface area contributed by atoms with Crippen LogP contribution in [-0.4, -0.2) is 11.1 Å². The molecule has 0 heterocycles. The highest BCUT2D eigenvalue weighted by Gasteiger charge is 2.26. The normalized spacial score (nSPS) is 20.3. The summed E-state index contributed by atoms with van der Waals surface area (Å²) in [6, 6.07) is 0. The zero-order valence-electron chi connectivity index (χ0n) is 9.64. The molecule has 1 aliphatic rings. The Hall–Kier alpha value is 0.150. The van der Waals surface area contributed by atoms with Crippen molar-refractivity contribution in [2.75, 3.05) is 5.33 Å². The number of ketones is 1. The maximum Gasteiger partial charge on any atom is 0.136 e. The van der Waals surface area contributed by atoms with Gasteiger partial charge in [0, 0.05) is 17.7 Å². The number of alkyl halides is 1. The van der Waals surface area contributed by atoms with Crippen LogP contribution in [-0.2, 0) is 4.79 Å². The van der Waals surface area contributed by atoms with Gasteiger partial charge >= 0.3 is 0 Å². The van der Waals surface area contributed by atoms with Gasteiger partial charge in [-0.05, 0) is 19.3 Å². The molecule has 1 fully saturated rings. The van der Waals surface area contributed by atoms with Crippen LogP contribution in [0.2, 0.25) is 0 Å². The van der Waals surface area contributed by atoms with E-state index in [1.54, 1.807) is 0 Å². The van der Waals surface area contributed by atoms with Gasteiger partial charge in [-0.25, -0.2) is 0 Å². The fourth-order valence-corrected chi connectivity index (χ4v) is 2.54. The fraction of sp³-hybridized carbons (Fsp3) is 0.923. The van der Waals surface area contributed by atoms with Crippen molar-refractivity contribution in [3.8, 4) is 0 Å². The molecular weight excluding hydrogens is 252 g/mol. The van der Waals surface area contributed by atoms with E-state index in [2.05, 4.69) is 15.9 Å². The summed E-state index contributed by atoms with van der Waals surface area (Å²) in [5.74, 6) is 0.978. The Morgan fingerprint density at radius 1 is 1.00 bits per heavy atom. The number of carbonyl (C=O) groups excluding carboxylic acids is 1. The van der Waals surface area contributed by atoms with Crippen LogP contribution in [0.1, 0.15) is 64.2 Å². The van der Waals surface area contributed by atoms with Gasteiger partial charge in [0.05, 0.1) is 0 Å². The van der Waals surface area contributed by atoms with Crippen LogP contribution in [0.3, 0.4) is 0 Å². The molecule has 2 heteroatoms. The molecule has 1 rings (SSSR count). The Balaban J connectivity index is 1.75. The van der Waals surface area contributed by atoms with Crippen molar-refractivity contribution in [2.24, 2.45) is 5.92 Å². The smallest absolute Gasteiger partial charge is 0.136 e. The van der Waals surface area contributed by atoms with Crippen LogP contribution in [0.4, 0.5) is 0 Å². The number of carbonyl (C=O) groups is 1. The first kappa shape index (κ1) is 13.2. The van der Waals surface area contributed by atoms with Crippen molar-refractivity contribution in [3.05, 3.63) is 0 Å². The molecule has 0 aromatic carbocycles. The van der Waals surface area contributed by atoms with Crippen molar-refractivity contribution < 1.29 is 4.79 Å². The monoisotopic (exact) mass is 274 g/mol. The summed E-state index contributed by atoms with van der Waals surface area (Å²) >= 11 is 3.45. The van der Waals surface area contributed by atoms with E-state index in [0.29, 0.717) is 11.7 Å². The molecule has 1 unspecified atom stereocenters. The molecule has 0 aromatic rings. The van der Waals surface area contributed by atoms with Gasteiger partial charge in [0.25, 0.3) is 0 Å². The van der Waals surface area contributed by atoms with Gasteiger partial charge in [-0.1, -0.05) is 54.5 Å². The standard InChI is InChI=1S/C13H23BrO/c14-11-7-5-3-1-2-4-6-8-12-9-10-13(12)15/h12H,1-11H2. The second kappa shape index (κ2) is 8.32. The van der Waals surface area contributed by atoms with E-state index in [9.17, 15) is 4.79 Å². The lowest BCUT2D eigenvalue weighted by Gasteiger charge is -2.23. The molecule has 1 atom stereocenters. The first-order valence-electron chi connectivity index (χ1n) is 6.43. The molecule has 0 bridgehead atoms. The van der Waals surface area contributed by atoms with Crippen molar-refractivity contribution >= 4 is 21.7 Å². The Morgan fingerprint density at radius 2 is 1.60 bits per heavy atom. The van der Waals surface area contributed by atoms with Crippen LogP contribution in [0, 0.1) is 5.92 Å². The van der Waals surface area contributed by atoms with E-state index >= 15 is 0 Å². The minimum atomic E-state index is 0.457. The summed E-state index contributed by atoms with van der Waals surface area (Å²) in [6.45, 7) is 0. The van der Waals surface area contributed by atoms with Gasteiger partial charge in [0.1, 0.15) is 5.78 Å². The van der Waals surface area contributed by atoms with Crippen LogP contribution < -0.4 is 0 Å². The number of halogens is 1. The third-order valence-electron chi connectivity index (χ3n) is 3.38. The average Bonchev–Trinajstić information content (AvgIpc) is 2.25. The zero-order valence-corrected chi connectivity index (χ0v) is 11.2. The molecule has 0 amide bonds. The van der Waals surface area contributed by atoms with Gasteiger partial charge in [0.15, 0.2) is 0 Å². The zero-order chi connectivity index (χ0) is 10.9. The predicted molar refractivity (Wildman–Crippen MR) is 68.5 cm³/mol. The molecule has 0 saturated heterocycles. The molecule has 0 spiro atoms. The maximum atomic E-state index is 11.1.